The highest BCUT2D eigenvalue weighted by Crippen LogP contribution is 2.26. The first-order valence-corrected chi connectivity index (χ1v) is 5.62. The zero-order valence-electron chi connectivity index (χ0n) is 10.2. The summed E-state index contributed by atoms with van der Waals surface area (Å²) in [6.07, 6.45) is -1.87. The Morgan fingerprint density at radius 1 is 1.41 bits per heavy atom. The second kappa shape index (κ2) is 5.97. The maximum atomic E-state index is 10.9. The van der Waals surface area contributed by atoms with Gasteiger partial charge in [-0.25, -0.2) is 0 Å². The van der Waals surface area contributed by atoms with Crippen LogP contribution >= 0.6 is 0 Å². The van der Waals surface area contributed by atoms with E-state index in [-0.39, 0.29) is 6.42 Å². The first-order chi connectivity index (χ1) is 7.93. The molecule has 1 rings (SSSR count). The fourth-order valence-corrected chi connectivity index (χ4v) is 1.81. The molecule has 0 bridgehead atoms. The fourth-order valence-electron chi connectivity index (χ4n) is 1.81. The number of esters is 2. The van der Waals surface area contributed by atoms with E-state index in [1.807, 2.05) is 6.92 Å². The Morgan fingerprint density at radius 2 is 2.06 bits per heavy atom. The molecule has 1 saturated heterocycles. The summed E-state index contributed by atoms with van der Waals surface area (Å²) in [4.78, 5) is 21.7. The van der Waals surface area contributed by atoms with Gasteiger partial charge in [0.1, 0.15) is 18.3 Å². The molecule has 0 aromatic carbocycles. The molecule has 1 fully saturated rings. The molecule has 1 aliphatic heterocycles. The van der Waals surface area contributed by atoms with E-state index in [4.69, 9.17) is 14.2 Å². The van der Waals surface area contributed by atoms with Crippen LogP contribution in [-0.4, -0.2) is 41.6 Å². The number of ether oxygens (including phenoxy) is 3. The maximum Gasteiger partial charge on any atom is 0.305 e. The number of rotatable bonds is 4. The molecule has 0 aliphatic carbocycles. The van der Waals surface area contributed by atoms with Gasteiger partial charge in [-0.3, -0.25) is 9.59 Å². The molecule has 1 N–H and O–H groups in total. The molecule has 6 nitrogen and oxygen atoms in total. The Labute approximate surface area is 99.8 Å². The van der Waals surface area contributed by atoms with Crippen molar-refractivity contribution in [3.05, 3.63) is 0 Å². The summed E-state index contributed by atoms with van der Waals surface area (Å²) >= 11 is 0. The summed E-state index contributed by atoms with van der Waals surface area (Å²) in [6.45, 7) is 4.41. The van der Waals surface area contributed by atoms with E-state index in [1.54, 1.807) is 0 Å². The zero-order valence-corrected chi connectivity index (χ0v) is 10.2. The number of aliphatic hydroxyl groups excluding tert-OH is 1. The number of carbonyl (C=O) groups excluding carboxylic acids is 2. The summed E-state index contributed by atoms with van der Waals surface area (Å²) in [7, 11) is 0. The number of carbonyl (C=O) groups is 2. The van der Waals surface area contributed by atoms with Crippen LogP contribution in [0.1, 0.15) is 33.6 Å². The summed E-state index contributed by atoms with van der Waals surface area (Å²) in [5.74, 6) is -0.916. The molecule has 1 aliphatic rings. The standard InChI is InChI=1S/C11H18O6/c1-4-9(15-6(2)12)10-5-8(14)11(17-10)16-7(3)13/h8-11,14H,4-5H2,1-3H3/t8-,9?,10+,11?/m1/s1. The largest absolute Gasteiger partial charge is 0.460 e. The van der Waals surface area contributed by atoms with Gasteiger partial charge in [-0.2, -0.15) is 0 Å². The number of aliphatic hydroxyl groups is 1. The molecular weight excluding hydrogens is 228 g/mol. The molecule has 0 spiro atoms. The lowest BCUT2D eigenvalue weighted by atomic mass is 10.1. The molecule has 0 aromatic rings. The van der Waals surface area contributed by atoms with Crippen molar-refractivity contribution in [3.63, 3.8) is 0 Å². The minimum absolute atomic E-state index is 0.281. The van der Waals surface area contributed by atoms with Gasteiger partial charge in [-0.15, -0.1) is 0 Å². The quantitative estimate of drug-likeness (QED) is 0.721. The van der Waals surface area contributed by atoms with Crippen LogP contribution in [0.4, 0.5) is 0 Å². The minimum Gasteiger partial charge on any atom is -0.460 e. The third-order valence-corrected chi connectivity index (χ3v) is 2.51. The molecular formula is C11H18O6. The van der Waals surface area contributed by atoms with E-state index in [0.29, 0.717) is 6.42 Å². The average Bonchev–Trinajstić information content (AvgIpc) is 2.55. The second-order valence-electron chi connectivity index (χ2n) is 4.01. The van der Waals surface area contributed by atoms with Crippen LogP contribution in [0.5, 0.6) is 0 Å². The van der Waals surface area contributed by atoms with Crippen molar-refractivity contribution in [1.82, 2.24) is 0 Å². The van der Waals surface area contributed by atoms with Crippen LogP contribution in [0, 0.1) is 0 Å². The topological polar surface area (TPSA) is 82.1 Å². The monoisotopic (exact) mass is 246 g/mol. The van der Waals surface area contributed by atoms with Gasteiger partial charge in [0.2, 0.25) is 6.29 Å². The van der Waals surface area contributed by atoms with Gasteiger partial charge in [0.15, 0.2) is 0 Å². The molecule has 6 heteroatoms. The van der Waals surface area contributed by atoms with Crippen LogP contribution in [-0.2, 0) is 23.8 Å². The normalized spacial score (nSPS) is 29.8. The highest BCUT2D eigenvalue weighted by Gasteiger charge is 2.40. The minimum atomic E-state index is -0.970. The van der Waals surface area contributed by atoms with E-state index < -0.39 is 36.5 Å². The van der Waals surface area contributed by atoms with Crippen molar-refractivity contribution in [1.29, 1.82) is 0 Å². The van der Waals surface area contributed by atoms with Crippen LogP contribution in [0.15, 0.2) is 0 Å². The summed E-state index contributed by atoms with van der Waals surface area (Å²) < 4.78 is 15.2. The molecule has 98 valence electrons. The lowest BCUT2D eigenvalue weighted by molar-refractivity contribution is -0.195. The Morgan fingerprint density at radius 3 is 2.53 bits per heavy atom. The number of hydrogen-bond acceptors (Lipinski definition) is 6. The van der Waals surface area contributed by atoms with Crippen LogP contribution < -0.4 is 0 Å². The van der Waals surface area contributed by atoms with Gasteiger partial charge in [0.25, 0.3) is 0 Å². The molecule has 17 heavy (non-hydrogen) atoms. The van der Waals surface area contributed by atoms with Gasteiger partial charge < -0.3 is 19.3 Å². The van der Waals surface area contributed by atoms with Crippen molar-refractivity contribution >= 4 is 11.9 Å². The molecule has 2 unspecified atom stereocenters. The maximum absolute atomic E-state index is 10.9. The van der Waals surface area contributed by atoms with Crippen LogP contribution in [0.2, 0.25) is 0 Å². The summed E-state index contributed by atoms with van der Waals surface area (Å²) in [5, 5.41) is 9.64. The molecule has 0 amide bonds. The van der Waals surface area contributed by atoms with E-state index in [0.717, 1.165) is 0 Å². The Hall–Kier alpha value is -1.14. The van der Waals surface area contributed by atoms with E-state index in [1.165, 1.54) is 13.8 Å². The van der Waals surface area contributed by atoms with Gasteiger partial charge >= 0.3 is 11.9 Å². The van der Waals surface area contributed by atoms with Crippen LogP contribution in [0.3, 0.4) is 0 Å². The predicted molar refractivity (Wildman–Crippen MR) is 56.9 cm³/mol. The lowest BCUT2D eigenvalue weighted by Gasteiger charge is -2.21. The van der Waals surface area contributed by atoms with Crippen molar-refractivity contribution in [3.8, 4) is 0 Å². The first kappa shape index (κ1) is 13.9. The summed E-state index contributed by atoms with van der Waals surface area (Å²) in [5.41, 5.74) is 0. The van der Waals surface area contributed by atoms with E-state index in [2.05, 4.69) is 0 Å². The first-order valence-electron chi connectivity index (χ1n) is 5.62. The highest BCUT2D eigenvalue weighted by atomic mass is 16.7. The van der Waals surface area contributed by atoms with Crippen molar-refractivity contribution in [2.75, 3.05) is 0 Å². The van der Waals surface area contributed by atoms with E-state index in [9.17, 15) is 14.7 Å². The van der Waals surface area contributed by atoms with Gasteiger partial charge in [-0.1, -0.05) is 6.92 Å². The SMILES string of the molecule is CCC(OC(C)=O)[C@@H]1C[C@@H](O)C(OC(C)=O)O1. The smallest absolute Gasteiger partial charge is 0.305 e. The Kier molecular flexibility index (Phi) is 4.89. The van der Waals surface area contributed by atoms with Crippen LogP contribution in [0.25, 0.3) is 0 Å². The molecule has 4 atom stereocenters. The molecule has 0 saturated carbocycles. The molecule has 0 aromatic heterocycles. The van der Waals surface area contributed by atoms with Gasteiger partial charge in [0, 0.05) is 20.3 Å². The summed E-state index contributed by atoms with van der Waals surface area (Å²) in [6, 6.07) is 0. The van der Waals surface area contributed by atoms with Gasteiger partial charge in [0.05, 0.1) is 0 Å². The lowest BCUT2D eigenvalue weighted by Crippen LogP contribution is -2.31. The average molecular weight is 246 g/mol. The fraction of sp³-hybridized carbons (Fsp3) is 0.818. The Bertz CT molecular complexity index is 290. The van der Waals surface area contributed by atoms with Crippen molar-refractivity contribution in [2.24, 2.45) is 0 Å². The third kappa shape index (κ3) is 3.98. The van der Waals surface area contributed by atoms with E-state index >= 15 is 0 Å². The number of hydrogen-bond donors (Lipinski definition) is 1. The molecule has 0 radical (unpaired) electrons. The Balaban J connectivity index is 2.56. The third-order valence-electron chi connectivity index (χ3n) is 2.51. The zero-order chi connectivity index (χ0) is 13.0. The molecule has 1 heterocycles. The second-order valence-corrected chi connectivity index (χ2v) is 4.01. The highest BCUT2D eigenvalue weighted by molar-refractivity contribution is 5.66. The van der Waals surface area contributed by atoms with Crippen molar-refractivity contribution < 1.29 is 28.9 Å². The van der Waals surface area contributed by atoms with Gasteiger partial charge in [-0.05, 0) is 6.42 Å². The predicted octanol–water partition coefficient (Wildman–Crippen LogP) is 0.367. The van der Waals surface area contributed by atoms with Crippen molar-refractivity contribution in [2.45, 2.75) is 58.2 Å².